The first-order chi connectivity index (χ1) is 12.0. The van der Waals surface area contributed by atoms with E-state index in [2.05, 4.69) is 12.1 Å². The number of rotatable bonds is 4. The van der Waals surface area contributed by atoms with Crippen molar-refractivity contribution in [2.45, 2.75) is 32.7 Å². The van der Waals surface area contributed by atoms with Gasteiger partial charge in [0.25, 0.3) is 5.91 Å². The number of nitrogens with zero attached hydrogens (tertiary/aromatic N) is 2. The van der Waals surface area contributed by atoms with E-state index in [1.54, 1.807) is 16.2 Å². The van der Waals surface area contributed by atoms with E-state index in [0.717, 1.165) is 26.9 Å². The highest BCUT2D eigenvalue weighted by Crippen LogP contribution is 2.31. The summed E-state index contributed by atoms with van der Waals surface area (Å²) >= 11 is 1.55. The third-order valence-electron chi connectivity index (χ3n) is 4.83. The molecule has 1 aliphatic rings. The normalized spacial score (nSPS) is 15.7. The number of fused-ring (bicyclic) bond motifs is 1. The minimum Gasteiger partial charge on any atom is -0.338 e. The number of carbonyl (C=O) groups excluding carboxylic acids is 2. The average molecular weight is 396 g/mol. The molecule has 2 N–H and O–H groups in total. The molecule has 1 fully saturated rings. The summed E-state index contributed by atoms with van der Waals surface area (Å²) in [6.07, 6.45) is 1.61. The molecular formula is C19H26ClN3O2S. The van der Waals surface area contributed by atoms with Crippen LogP contribution in [0.1, 0.15) is 35.0 Å². The molecule has 7 heteroatoms. The number of amides is 2. The zero-order valence-corrected chi connectivity index (χ0v) is 16.9. The van der Waals surface area contributed by atoms with Crippen LogP contribution >= 0.6 is 23.7 Å². The maximum Gasteiger partial charge on any atom is 0.264 e. The van der Waals surface area contributed by atoms with Gasteiger partial charge in [0, 0.05) is 30.9 Å². The van der Waals surface area contributed by atoms with Gasteiger partial charge in [-0.25, -0.2) is 0 Å². The van der Waals surface area contributed by atoms with Gasteiger partial charge in [0.1, 0.15) is 0 Å². The quantitative estimate of drug-likeness (QED) is 0.865. The van der Waals surface area contributed by atoms with Gasteiger partial charge in [-0.2, -0.15) is 0 Å². The first kappa shape index (κ1) is 20.7. The van der Waals surface area contributed by atoms with Crippen LogP contribution in [0.4, 0.5) is 0 Å². The van der Waals surface area contributed by atoms with Crippen LogP contribution in [0.2, 0.25) is 0 Å². The molecular weight excluding hydrogens is 370 g/mol. The van der Waals surface area contributed by atoms with Crippen molar-refractivity contribution < 1.29 is 9.59 Å². The van der Waals surface area contributed by atoms with Crippen LogP contribution < -0.4 is 5.73 Å². The van der Waals surface area contributed by atoms with Crippen molar-refractivity contribution in [3.8, 4) is 0 Å². The Bertz CT molecular complexity index is 784. The third kappa shape index (κ3) is 4.03. The monoisotopic (exact) mass is 395 g/mol. The zero-order chi connectivity index (χ0) is 18.0. The molecule has 1 aromatic carbocycles. The maximum absolute atomic E-state index is 12.9. The third-order valence-corrected chi connectivity index (χ3v) is 6.09. The van der Waals surface area contributed by atoms with Crippen LogP contribution in [0.3, 0.4) is 0 Å². The zero-order valence-electron chi connectivity index (χ0n) is 15.2. The molecule has 1 saturated heterocycles. The van der Waals surface area contributed by atoms with Crippen molar-refractivity contribution in [2.24, 2.45) is 5.73 Å². The first-order valence-corrected chi connectivity index (χ1v) is 9.66. The van der Waals surface area contributed by atoms with Gasteiger partial charge in [-0.15, -0.1) is 23.7 Å². The summed E-state index contributed by atoms with van der Waals surface area (Å²) in [6, 6.07) is 7.69. The molecule has 0 aliphatic carbocycles. The maximum atomic E-state index is 12.9. The van der Waals surface area contributed by atoms with Crippen molar-refractivity contribution in [3.63, 3.8) is 0 Å². The summed E-state index contributed by atoms with van der Waals surface area (Å²) in [5, 5.41) is 1.15. The van der Waals surface area contributed by atoms with E-state index in [9.17, 15) is 9.59 Å². The molecule has 0 radical (unpaired) electrons. The molecule has 0 saturated carbocycles. The summed E-state index contributed by atoms with van der Waals surface area (Å²) in [7, 11) is 0. The molecule has 1 aromatic heterocycles. The summed E-state index contributed by atoms with van der Waals surface area (Å²) in [4.78, 5) is 29.7. The lowest BCUT2D eigenvalue weighted by Gasteiger charge is -2.35. The minimum atomic E-state index is -0.419. The van der Waals surface area contributed by atoms with Gasteiger partial charge in [-0.05, 0) is 30.4 Å². The molecule has 26 heavy (non-hydrogen) atoms. The van der Waals surface area contributed by atoms with Crippen LogP contribution in [0.15, 0.2) is 24.3 Å². The minimum absolute atomic E-state index is 0. The van der Waals surface area contributed by atoms with Crippen LogP contribution in [-0.2, 0) is 4.79 Å². The van der Waals surface area contributed by atoms with Gasteiger partial charge >= 0.3 is 0 Å². The molecule has 2 amide bonds. The van der Waals surface area contributed by atoms with Gasteiger partial charge < -0.3 is 15.5 Å². The summed E-state index contributed by atoms with van der Waals surface area (Å²) in [5.74, 6) is 0.0793. The molecule has 2 aromatic rings. The van der Waals surface area contributed by atoms with Crippen molar-refractivity contribution >= 4 is 45.6 Å². The first-order valence-electron chi connectivity index (χ1n) is 8.84. The van der Waals surface area contributed by atoms with E-state index in [1.165, 1.54) is 0 Å². The van der Waals surface area contributed by atoms with E-state index < -0.39 is 6.04 Å². The van der Waals surface area contributed by atoms with E-state index in [-0.39, 0.29) is 24.2 Å². The molecule has 142 valence electrons. The summed E-state index contributed by atoms with van der Waals surface area (Å²) in [5.41, 5.74) is 6.99. The number of thiophene rings is 1. The summed E-state index contributed by atoms with van der Waals surface area (Å²) < 4.78 is 1.14. The smallest absolute Gasteiger partial charge is 0.264 e. The predicted octanol–water partition coefficient (Wildman–Crippen LogP) is 3.04. The van der Waals surface area contributed by atoms with Crippen molar-refractivity contribution in [3.05, 3.63) is 34.7 Å². The van der Waals surface area contributed by atoms with Crippen LogP contribution in [0.5, 0.6) is 0 Å². The van der Waals surface area contributed by atoms with E-state index in [0.29, 0.717) is 32.6 Å². The Morgan fingerprint density at radius 2 is 1.77 bits per heavy atom. The summed E-state index contributed by atoms with van der Waals surface area (Å²) in [6.45, 7) is 6.29. The number of aryl methyl sites for hydroxylation is 1. The molecule has 1 atom stereocenters. The number of nitrogens with two attached hydrogens (primary N) is 1. The fourth-order valence-corrected chi connectivity index (χ4v) is 4.50. The highest BCUT2D eigenvalue weighted by molar-refractivity contribution is 7.21. The number of halogens is 1. The van der Waals surface area contributed by atoms with Gasteiger partial charge in [-0.3, -0.25) is 9.59 Å². The van der Waals surface area contributed by atoms with Gasteiger partial charge in [0.2, 0.25) is 5.91 Å². The highest BCUT2D eigenvalue weighted by atomic mass is 35.5. The second kappa shape index (κ2) is 8.84. The molecule has 1 aliphatic heterocycles. The van der Waals surface area contributed by atoms with Crippen LogP contribution in [0, 0.1) is 6.92 Å². The van der Waals surface area contributed by atoms with Crippen molar-refractivity contribution in [1.82, 2.24) is 9.80 Å². The average Bonchev–Trinajstić information content (AvgIpc) is 2.98. The van der Waals surface area contributed by atoms with Gasteiger partial charge in [0.05, 0.1) is 10.9 Å². The largest absolute Gasteiger partial charge is 0.338 e. The van der Waals surface area contributed by atoms with E-state index in [1.807, 2.05) is 30.9 Å². The Hall–Kier alpha value is -1.63. The molecule has 1 unspecified atom stereocenters. The molecule has 5 nitrogen and oxygen atoms in total. The number of benzene rings is 1. The molecule has 3 rings (SSSR count). The van der Waals surface area contributed by atoms with Crippen molar-refractivity contribution in [1.29, 1.82) is 0 Å². The Balaban J connectivity index is 0.00000243. The number of piperazine rings is 1. The second-order valence-electron chi connectivity index (χ2n) is 6.57. The standard InChI is InChI=1S/C19H25N3O2S.ClH/c1-3-6-15(20)18(23)21-9-11-22(12-10-21)19(24)17-13(2)14-7-4-5-8-16(14)25-17;/h4-5,7-8,15H,3,6,9-12,20H2,1-2H3;1H. The lowest BCUT2D eigenvalue weighted by atomic mass is 10.1. The van der Waals surface area contributed by atoms with E-state index >= 15 is 0 Å². The predicted molar refractivity (Wildman–Crippen MR) is 109 cm³/mol. The molecule has 2 heterocycles. The number of carbonyl (C=O) groups is 2. The topological polar surface area (TPSA) is 66.6 Å². The molecule has 0 bridgehead atoms. The van der Waals surface area contributed by atoms with E-state index in [4.69, 9.17) is 5.73 Å². The Morgan fingerprint density at radius 3 is 2.38 bits per heavy atom. The second-order valence-corrected chi connectivity index (χ2v) is 7.62. The fraction of sp³-hybridized carbons (Fsp3) is 0.474. The number of hydrogen-bond acceptors (Lipinski definition) is 4. The fourth-order valence-electron chi connectivity index (χ4n) is 3.32. The Morgan fingerprint density at radius 1 is 1.15 bits per heavy atom. The van der Waals surface area contributed by atoms with Crippen LogP contribution in [-0.4, -0.2) is 53.8 Å². The lowest BCUT2D eigenvalue weighted by Crippen LogP contribution is -2.54. The van der Waals surface area contributed by atoms with Gasteiger partial charge in [-0.1, -0.05) is 31.5 Å². The van der Waals surface area contributed by atoms with Crippen molar-refractivity contribution in [2.75, 3.05) is 26.2 Å². The van der Waals surface area contributed by atoms with Crippen LogP contribution in [0.25, 0.3) is 10.1 Å². The van der Waals surface area contributed by atoms with Gasteiger partial charge in [0.15, 0.2) is 0 Å². The molecule has 0 spiro atoms. The Labute approximate surface area is 164 Å². The highest BCUT2D eigenvalue weighted by Gasteiger charge is 2.28. The SMILES string of the molecule is CCCC(N)C(=O)N1CCN(C(=O)c2sc3ccccc3c2C)CC1.Cl. The lowest BCUT2D eigenvalue weighted by molar-refractivity contribution is -0.134. The number of hydrogen-bond donors (Lipinski definition) is 1. The Kier molecular flexibility index (Phi) is 7.03.